The summed E-state index contributed by atoms with van der Waals surface area (Å²) in [4.78, 5) is -1.09. The number of fused-ring (bicyclic) bond motifs is 2. The van der Waals surface area contributed by atoms with Crippen molar-refractivity contribution in [2.24, 2.45) is 20.5 Å². The molecule has 0 radical (unpaired) electrons. The summed E-state index contributed by atoms with van der Waals surface area (Å²) in [5, 5.41) is 38.9. The largest absolute Gasteiger partial charge is 1.00 e. The number of rotatable bonds is 11. The number of nitrogens with zero attached hydrogens (tertiary/aromatic N) is 4. The predicted octanol–water partition coefficient (Wildman–Crippen LogP) is 3.25. The minimum Gasteiger partial charge on any atom is -0.744 e. The van der Waals surface area contributed by atoms with E-state index in [9.17, 15) is 36.2 Å². The summed E-state index contributed by atoms with van der Waals surface area (Å²) < 4.78 is 83.8. The minimum atomic E-state index is -4.92. The van der Waals surface area contributed by atoms with Crippen LogP contribution < -0.4 is 68.6 Å². The first-order valence-electron chi connectivity index (χ1n) is 16.9. The first kappa shape index (κ1) is 45.4. The zero-order chi connectivity index (χ0) is 40.5. The van der Waals surface area contributed by atoms with Gasteiger partial charge in [0, 0.05) is 27.5 Å². The molecule has 0 aromatic heterocycles. The number of azo groups is 2. The van der Waals surface area contributed by atoms with Crippen molar-refractivity contribution in [2.75, 3.05) is 14.2 Å². The molecule has 0 saturated carbocycles. The molecular formula is C41H30N4Na2O10S2. The van der Waals surface area contributed by atoms with Gasteiger partial charge < -0.3 is 28.8 Å². The van der Waals surface area contributed by atoms with Gasteiger partial charge in [-0.2, -0.15) is 0 Å². The van der Waals surface area contributed by atoms with E-state index in [1.54, 1.807) is 60.7 Å². The van der Waals surface area contributed by atoms with Crippen LogP contribution in [0.2, 0.25) is 0 Å². The second kappa shape index (κ2) is 18.7. The third-order valence-corrected chi connectivity index (χ3v) is 10.9. The molecule has 14 nitrogen and oxygen atoms in total. The van der Waals surface area contributed by atoms with E-state index in [0.29, 0.717) is 11.5 Å². The molecule has 0 aliphatic carbocycles. The van der Waals surface area contributed by atoms with Crippen LogP contribution in [0.4, 0.5) is 22.7 Å². The van der Waals surface area contributed by atoms with E-state index in [-0.39, 0.29) is 115 Å². The Balaban J connectivity index is 0.00000331. The Labute approximate surface area is 383 Å². The van der Waals surface area contributed by atoms with E-state index in [1.165, 1.54) is 38.5 Å². The van der Waals surface area contributed by atoms with Gasteiger partial charge in [-0.15, -0.1) is 20.5 Å². The molecule has 0 amide bonds. The number of ether oxygens (including phenoxy) is 2. The van der Waals surface area contributed by atoms with E-state index in [4.69, 9.17) is 9.47 Å². The second-order valence-electron chi connectivity index (χ2n) is 12.6. The van der Waals surface area contributed by atoms with Crippen molar-refractivity contribution in [1.29, 1.82) is 0 Å². The SMILES string of the molecule is COc1cc(C(c2ccccc2)c2ccc(N=Nc3cc(S(=O)(=O)[O-])c4ccccc4c3O)c(OC)c2)ccc1N=Nc1cc(S(=O)(=O)[O-])c2ccccc2c1O.[Na+].[Na+]. The molecule has 0 spiro atoms. The Morgan fingerprint density at radius 2 is 0.831 bits per heavy atom. The van der Waals surface area contributed by atoms with Gasteiger partial charge in [0.2, 0.25) is 0 Å². The third kappa shape index (κ3) is 9.53. The van der Waals surface area contributed by atoms with Crippen molar-refractivity contribution in [3.05, 3.63) is 144 Å². The minimum absolute atomic E-state index is 0. The molecular weight excluding hydrogens is 819 g/mol. The maximum Gasteiger partial charge on any atom is 1.00 e. The molecule has 0 atom stereocenters. The van der Waals surface area contributed by atoms with Gasteiger partial charge in [0.1, 0.15) is 54.5 Å². The number of hydrogen-bond acceptors (Lipinski definition) is 14. The van der Waals surface area contributed by atoms with Crippen molar-refractivity contribution in [1.82, 2.24) is 0 Å². The Morgan fingerprint density at radius 3 is 1.20 bits per heavy atom. The number of phenols is 2. The van der Waals surface area contributed by atoms with E-state index in [2.05, 4.69) is 20.5 Å². The summed E-state index contributed by atoms with van der Waals surface area (Å²) in [5.74, 6) is -0.530. The van der Waals surface area contributed by atoms with Gasteiger partial charge in [-0.25, -0.2) is 16.8 Å². The van der Waals surface area contributed by atoms with Gasteiger partial charge in [0.25, 0.3) is 0 Å². The first-order valence-corrected chi connectivity index (χ1v) is 19.8. The summed E-state index contributed by atoms with van der Waals surface area (Å²) in [6.45, 7) is 0. The smallest absolute Gasteiger partial charge is 0.744 e. The molecule has 0 bridgehead atoms. The van der Waals surface area contributed by atoms with Crippen LogP contribution in [0.3, 0.4) is 0 Å². The Hall–Kier alpha value is -4.72. The standard InChI is InChI=1S/C41H32N4O10S2.2Na/c1-54-35-20-25(16-18-31(35)42-44-33-22-37(56(48,49)50)27-12-6-8-14-29(27)40(33)46)39(24-10-4-3-5-11-24)26-17-19-32(36(21-26)55-2)43-45-34-23-38(57(51,52)53)28-13-7-9-15-30(28)41(34)47;;/h3-23,39,46-47H,1-2H3,(H,48,49,50)(H,51,52,53);;/q;2*+1/p-2. The van der Waals surface area contributed by atoms with Crippen molar-refractivity contribution in [2.45, 2.75) is 15.7 Å². The number of benzene rings is 7. The Morgan fingerprint density at radius 1 is 0.475 bits per heavy atom. The molecule has 2 N–H and O–H groups in total. The van der Waals surface area contributed by atoms with Crippen LogP contribution in [-0.4, -0.2) is 50.4 Å². The summed E-state index contributed by atoms with van der Waals surface area (Å²) in [6, 6.07) is 33.9. The van der Waals surface area contributed by atoms with Crippen LogP contribution in [0.5, 0.6) is 23.0 Å². The normalized spacial score (nSPS) is 12.3. The monoisotopic (exact) mass is 848 g/mol. The fourth-order valence-corrected chi connectivity index (χ4v) is 7.95. The third-order valence-electron chi connectivity index (χ3n) is 9.19. The summed E-state index contributed by atoms with van der Waals surface area (Å²) in [7, 11) is -6.96. The Kier molecular flexibility index (Phi) is 14.4. The molecule has 0 unspecified atom stereocenters. The van der Waals surface area contributed by atoms with Crippen LogP contribution in [0.1, 0.15) is 22.6 Å². The molecule has 0 heterocycles. The molecule has 0 fully saturated rings. The zero-order valence-electron chi connectivity index (χ0n) is 32.0. The van der Waals surface area contributed by atoms with Gasteiger partial charge >= 0.3 is 59.1 Å². The van der Waals surface area contributed by atoms with E-state index in [0.717, 1.165) is 28.8 Å². The van der Waals surface area contributed by atoms with Crippen LogP contribution in [-0.2, 0) is 20.2 Å². The van der Waals surface area contributed by atoms with Gasteiger partial charge in [-0.05, 0) is 53.1 Å². The molecule has 288 valence electrons. The topological polar surface area (TPSA) is 223 Å². The van der Waals surface area contributed by atoms with Gasteiger partial charge in [0.15, 0.2) is 11.5 Å². The maximum absolute atomic E-state index is 12.1. The fraction of sp³-hybridized carbons (Fsp3) is 0.0732. The van der Waals surface area contributed by atoms with E-state index < -0.39 is 35.9 Å². The van der Waals surface area contributed by atoms with Crippen LogP contribution in [0.15, 0.2) is 158 Å². The zero-order valence-corrected chi connectivity index (χ0v) is 37.6. The molecule has 0 aliphatic heterocycles. The van der Waals surface area contributed by atoms with Gasteiger partial charge in [-0.3, -0.25) is 0 Å². The van der Waals surface area contributed by atoms with Crippen LogP contribution in [0, 0.1) is 0 Å². The van der Waals surface area contributed by atoms with Gasteiger partial charge in [-0.1, -0.05) is 91.0 Å². The summed E-state index contributed by atoms with van der Waals surface area (Å²) in [6.07, 6.45) is 0. The molecule has 7 rings (SSSR count). The number of methoxy groups -OCH3 is 2. The van der Waals surface area contributed by atoms with E-state index in [1.807, 2.05) is 30.3 Å². The molecule has 0 saturated heterocycles. The first-order chi connectivity index (χ1) is 27.3. The van der Waals surface area contributed by atoms with Crippen molar-refractivity contribution >= 4 is 64.5 Å². The molecule has 7 aromatic rings. The Bertz CT molecular complexity index is 2810. The predicted molar refractivity (Wildman–Crippen MR) is 209 cm³/mol. The van der Waals surface area contributed by atoms with Crippen molar-refractivity contribution in [3.8, 4) is 23.0 Å². The molecule has 0 aliphatic rings. The molecule has 59 heavy (non-hydrogen) atoms. The summed E-state index contributed by atoms with van der Waals surface area (Å²) >= 11 is 0. The maximum atomic E-state index is 12.1. The fourth-order valence-electron chi connectivity index (χ4n) is 6.54. The average molecular weight is 849 g/mol. The average Bonchev–Trinajstić information content (AvgIpc) is 3.20. The number of hydrogen-bond donors (Lipinski definition) is 2. The van der Waals surface area contributed by atoms with Crippen LogP contribution in [0.25, 0.3) is 21.5 Å². The number of aromatic hydroxyl groups is 2. The van der Waals surface area contributed by atoms with Crippen molar-refractivity contribution < 1.29 is 105 Å². The van der Waals surface area contributed by atoms with Crippen molar-refractivity contribution in [3.63, 3.8) is 0 Å². The van der Waals surface area contributed by atoms with Crippen LogP contribution >= 0.6 is 0 Å². The number of phenolic OH excluding ortho intramolecular Hbond substituents is 2. The van der Waals surface area contributed by atoms with E-state index >= 15 is 0 Å². The quantitative estimate of drug-likeness (QED) is 0.0837. The molecule has 7 aromatic carbocycles. The van der Waals surface area contributed by atoms with Gasteiger partial charge in [0.05, 0.1) is 24.0 Å². The summed E-state index contributed by atoms with van der Waals surface area (Å²) in [5.41, 5.74) is 2.43. The molecule has 18 heteroatoms. The second-order valence-corrected chi connectivity index (χ2v) is 15.3.